The van der Waals surface area contributed by atoms with E-state index >= 15 is 0 Å². The lowest BCUT2D eigenvalue weighted by Gasteiger charge is -2.12. The van der Waals surface area contributed by atoms with Crippen LogP contribution in [0.25, 0.3) is 0 Å². The van der Waals surface area contributed by atoms with Gasteiger partial charge in [-0.2, -0.15) is 5.10 Å². The third kappa shape index (κ3) is 5.71. The summed E-state index contributed by atoms with van der Waals surface area (Å²) < 4.78 is 15.5. The molecule has 27 heavy (non-hydrogen) atoms. The van der Waals surface area contributed by atoms with E-state index in [0.717, 1.165) is 23.4 Å². The predicted molar refractivity (Wildman–Crippen MR) is 104 cm³/mol. The Hall–Kier alpha value is -3.07. The van der Waals surface area contributed by atoms with E-state index in [1.807, 2.05) is 6.92 Å². The van der Waals surface area contributed by atoms with Crippen LogP contribution in [-0.2, 0) is 14.3 Å². The van der Waals surface area contributed by atoms with Crippen LogP contribution in [0, 0.1) is 0 Å². The Morgan fingerprint density at radius 2 is 2.15 bits per heavy atom. The number of esters is 1. The minimum Gasteiger partial charge on any atom is -0.493 e. The second-order valence-corrected chi connectivity index (χ2v) is 6.39. The van der Waals surface area contributed by atoms with Crippen LogP contribution in [0.3, 0.4) is 0 Å². The molecule has 0 bridgehead atoms. The minimum atomic E-state index is -0.618. The van der Waals surface area contributed by atoms with Crippen LogP contribution < -0.4 is 14.8 Å². The molecule has 1 heterocycles. The van der Waals surface area contributed by atoms with Crippen LogP contribution in [0.15, 0.2) is 51.5 Å². The summed E-state index contributed by atoms with van der Waals surface area (Å²) in [6.45, 7) is 6.00. The van der Waals surface area contributed by atoms with Crippen molar-refractivity contribution in [3.63, 3.8) is 0 Å². The largest absolute Gasteiger partial charge is 0.493 e. The predicted octanol–water partition coefficient (Wildman–Crippen LogP) is 2.26. The molecule has 1 fully saturated rings. The molecule has 8 nitrogen and oxygen atoms in total. The van der Waals surface area contributed by atoms with Crippen molar-refractivity contribution >= 4 is 35.0 Å². The zero-order chi connectivity index (χ0) is 19.8. The Labute approximate surface area is 161 Å². The van der Waals surface area contributed by atoms with Gasteiger partial charge < -0.3 is 14.2 Å². The first-order chi connectivity index (χ1) is 12.9. The molecule has 1 N–H and O–H groups in total. The van der Waals surface area contributed by atoms with Crippen molar-refractivity contribution < 1.29 is 23.8 Å². The fourth-order valence-corrected chi connectivity index (χ4v) is 2.67. The Bertz CT molecular complexity index is 845. The smallest absolute Gasteiger partial charge is 0.331 e. The van der Waals surface area contributed by atoms with Gasteiger partial charge >= 0.3 is 5.97 Å². The normalized spacial score (nSPS) is 16.6. The number of thioether (sulfide) groups is 1. The van der Waals surface area contributed by atoms with Crippen molar-refractivity contribution in [1.82, 2.24) is 5.32 Å². The SMILES string of the molecule is C=C(C)COc1c(C=N/N=C2/NC(=O)/C(=C\C(=O)OC)S2)cccc1OC. The van der Waals surface area contributed by atoms with E-state index in [4.69, 9.17) is 9.47 Å². The van der Waals surface area contributed by atoms with Gasteiger partial charge in [0.2, 0.25) is 0 Å². The molecular weight excluding hydrogens is 370 g/mol. The quantitative estimate of drug-likeness (QED) is 0.253. The maximum Gasteiger partial charge on any atom is 0.331 e. The standard InChI is InChI=1S/C18H19N3O5S/c1-11(2)10-26-16-12(6-5-7-13(16)24-3)9-19-21-18-20-17(23)14(27-18)8-15(22)25-4/h5-9H,1,10H2,2-4H3,(H,20,21,23)/b14-8+,19-9?. The lowest BCUT2D eigenvalue weighted by atomic mass is 10.2. The molecule has 0 radical (unpaired) electrons. The van der Waals surface area contributed by atoms with Gasteiger partial charge in [-0.1, -0.05) is 12.6 Å². The van der Waals surface area contributed by atoms with E-state index in [1.165, 1.54) is 13.3 Å². The summed E-state index contributed by atoms with van der Waals surface area (Å²) in [7, 11) is 2.78. The molecule has 142 valence electrons. The van der Waals surface area contributed by atoms with Crippen LogP contribution in [0.1, 0.15) is 12.5 Å². The number of methoxy groups -OCH3 is 2. The third-order valence-electron chi connectivity index (χ3n) is 3.14. The molecule has 0 spiro atoms. The van der Waals surface area contributed by atoms with Crippen molar-refractivity contribution in [2.24, 2.45) is 10.2 Å². The highest BCUT2D eigenvalue weighted by molar-refractivity contribution is 8.18. The van der Waals surface area contributed by atoms with Gasteiger partial charge in [0.15, 0.2) is 16.7 Å². The third-order valence-corrected chi connectivity index (χ3v) is 4.04. The molecule has 2 rings (SSSR count). The van der Waals surface area contributed by atoms with Gasteiger partial charge in [0.25, 0.3) is 5.91 Å². The summed E-state index contributed by atoms with van der Waals surface area (Å²) in [5.74, 6) is 0.0142. The number of hydrogen-bond donors (Lipinski definition) is 1. The second-order valence-electron chi connectivity index (χ2n) is 5.36. The van der Waals surface area contributed by atoms with E-state index in [0.29, 0.717) is 23.7 Å². The highest BCUT2D eigenvalue weighted by Gasteiger charge is 2.25. The summed E-state index contributed by atoms with van der Waals surface area (Å²) in [5, 5.41) is 10.7. The van der Waals surface area contributed by atoms with Crippen LogP contribution >= 0.6 is 11.8 Å². The fourth-order valence-electron chi connectivity index (χ4n) is 1.93. The molecule has 0 aromatic heterocycles. The zero-order valence-electron chi connectivity index (χ0n) is 15.1. The maximum absolute atomic E-state index is 11.8. The summed E-state index contributed by atoms with van der Waals surface area (Å²) in [4.78, 5) is 23.2. The molecule has 9 heteroatoms. The van der Waals surface area contributed by atoms with Crippen LogP contribution in [-0.4, -0.2) is 44.1 Å². The molecule has 1 saturated heterocycles. The summed E-state index contributed by atoms with van der Waals surface area (Å²) in [5.41, 5.74) is 1.51. The Morgan fingerprint density at radius 3 is 2.81 bits per heavy atom. The first-order valence-electron chi connectivity index (χ1n) is 7.78. The first kappa shape index (κ1) is 20.2. The molecule has 0 atom stereocenters. The van der Waals surface area contributed by atoms with Crippen molar-refractivity contribution in [2.45, 2.75) is 6.92 Å². The van der Waals surface area contributed by atoms with Crippen molar-refractivity contribution in [3.05, 3.63) is 46.9 Å². The number of nitrogens with one attached hydrogen (secondary N) is 1. The number of rotatable bonds is 7. The summed E-state index contributed by atoms with van der Waals surface area (Å²) in [6.07, 6.45) is 2.58. The highest BCUT2D eigenvalue weighted by Crippen LogP contribution is 2.30. The van der Waals surface area contributed by atoms with E-state index in [9.17, 15) is 9.59 Å². The zero-order valence-corrected chi connectivity index (χ0v) is 16.0. The van der Waals surface area contributed by atoms with Gasteiger partial charge in [-0.05, 0) is 36.4 Å². The molecule has 1 aromatic carbocycles. The van der Waals surface area contributed by atoms with Crippen molar-refractivity contribution in [1.29, 1.82) is 0 Å². The number of carbonyl (C=O) groups excluding carboxylic acids is 2. The van der Waals surface area contributed by atoms with Crippen LogP contribution in [0.5, 0.6) is 11.5 Å². The topological polar surface area (TPSA) is 98.6 Å². The molecule has 1 aromatic rings. The number of amidine groups is 1. The molecular formula is C18H19N3O5S. The summed E-state index contributed by atoms with van der Waals surface area (Å²) in [6, 6.07) is 5.36. The van der Waals surface area contributed by atoms with Crippen LogP contribution in [0.4, 0.5) is 0 Å². The Balaban J connectivity index is 2.17. The summed E-state index contributed by atoms with van der Waals surface area (Å²) >= 11 is 0.992. The van der Waals surface area contributed by atoms with Gasteiger partial charge in [-0.25, -0.2) is 4.79 Å². The lowest BCUT2D eigenvalue weighted by Crippen LogP contribution is -2.19. The van der Waals surface area contributed by atoms with E-state index in [-0.39, 0.29) is 10.1 Å². The number of nitrogens with zero attached hydrogens (tertiary/aromatic N) is 2. The van der Waals surface area contributed by atoms with Gasteiger partial charge in [0, 0.05) is 11.6 Å². The maximum atomic E-state index is 11.8. The van der Waals surface area contributed by atoms with Crippen molar-refractivity contribution in [3.8, 4) is 11.5 Å². The van der Waals surface area contributed by atoms with E-state index in [2.05, 4.69) is 26.8 Å². The average molecular weight is 389 g/mol. The van der Waals surface area contributed by atoms with Gasteiger partial charge in [-0.15, -0.1) is 5.10 Å². The minimum absolute atomic E-state index is 0.183. The monoisotopic (exact) mass is 389 g/mol. The van der Waals surface area contributed by atoms with E-state index < -0.39 is 11.9 Å². The average Bonchev–Trinajstić information content (AvgIpc) is 2.99. The number of hydrogen-bond acceptors (Lipinski definition) is 8. The van der Waals surface area contributed by atoms with Gasteiger partial charge in [0.1, 0.15) is 6.61 Å². The van der Waals surface area contributed by atoms with E-state index in [1.54, 1.807) is 25.3 Å². The molecule has 0 saturated carbocycles. The first-order valence-corrected chi connectivity index (χ1v) is 8.60. The molecule has 1 aliphatic heterocycles. The number of benzene rings is 1. The fraction of sp³-hybridized carbons (Fsp3) is 0.222. The number of carbonyl (C=O) groups is 2. The molecule has 0 aliphatic carbocycles. The Morgan fingerprint density at radius 1 is 1.37 bits per heavy atom. The highest BCUT2D eigenvalue weighted by atomic mass is 32.2. The van der Waals surface area contributed by atoms with Gasteiger partial charge in [0.05, 0.1) is 25.3 Å². The lowest BCUT2D eigenvalue weighted by molar-refractivity contribution is -0.135. The molecule has 1 aliphatic rings. The Kier molecular flexibility index (Phi) is 7.18. The molecule has 1 amide bonds. The van der Waals surface area contributed by atoms with Gasteiger partial charge in [-0.3, -0.25) is 10.1 Å². The molecule has 0 unspecified atom stereocenters. The number of ether oxygens (including phenoxy) is 3. The number of para-hydroxylation sites is 1. The number of amides is 1. The van der Waals surface area contributed by atoms with Crippen molar-refractivity contribution in [2.75, 3.05) is 20.8 Å². The second kappa shape index (κ2) is 9.58. The van der Waals surface area contributed by atoms with Crippen LogP contribution in [0.2, 0.25) is 0 Å².